The average molecular weight is 498 g/mol. The maximum atomic E-state index is 13.9. The number of hydrogen-bond acceptors (Lipinski definition) is 9. The van der Waals surface area contributed by atoms with Crippen molar-refractivity contribution in [3.8, 4) is 5.75 Å². The Morgan fingerprint density at radius 3 is 2.42 bits per heavy atom. The van der Waals surface area contributed by atoms with Crippen LogP contribution in [0.4, 0.5) is 5.69 Å². The van der Waals surface area contributed by atoms with Gasteiger partial charge >= 0.3 is 0 Å². The van der Waals surface area contributed by atoms with Crippen molar-refractivity contribution in [3.63, 3.8) is 0 Å². The van der Waals surface area contributed by atoms with Crippen LogP contribution in [0.5, 0.6) is 5.75 Å². The Balaban J connectivity index is 1.69. The normalized spacial score (nSPS) is 30.2. The van der Waals surface area contributed by atoms with Gasteiger partial charge in [0.15, 0.2) is 11.4 Å². The fraction of sp³-hybridized carbons (Fsp3) is 0.500. The lowest BCUT2D eigenvalue weighted by atomic mass is 9.57. The average Bonchev–Trinajstić information content (AvgIpc) is 3.32. The third-order valence-electron chi connectivity index (χ3n) is 8.31. The zero-order valence-electron chi connectivity index (χ0n) is 20.2. The first-order valence-corrected chi connectivity index (χ1v) is 12.2. The number of hydrogen-bond donors (Lipinski definition) is 6. The highest BCUT2D eigenvalue weighted by atomic mass is 16.3. The van der Waals surface area contributed by atoms with Gasteiger partial charge in [0.25, 0.3) is 5.91 Å². The van der Waals surface area contributed by atoms with Crippen molar-refractivity contribution in [2.45, 2.75) is 56.2 Å². The number of aromatic hydroxyl groups is 1. The number of nitrogens with one attached hydrogen (secondary N) is 1. The van der Waals surface area contributed by atoms with E-state index in [0.29, 0.717) is 5.56 Å². The number of amides is 1. The minimum Gasteiger partial charge on any atom is -0.508 e. The molecule has 3 unspecified atom stereocenters. The van der Waals surface area contributed by atoms with E-state index >= 15 is 0 Å². The number of phenolic OH excluding ortho intramolecular Hbond substituents is 1. The second-order valence-corrected chi connectivity index (χ2v) is 10.5. The van der Waals surface area contributed by atoms with Gasteiger partial charge in [-0.15, -0.1) is 0 Å². The fourth-order valence-electron chi connectivity index (χ4n) is 6.62. The molecule has 0 aliphatic heterocycles. The van der Waals surface area contributed by atoms with Crippen LogP contribution in [-0.4, -0.2) is 69.7 Å². The van der Waals surface area contributed by atoms with Gasteiger partial charge in [0.2, 0.25) is 5.78 Å². The number of phenols is 1. The van der Waals surface area contributed by atoms with Gasteiger partial charge in [-0.2, -0.15) is 0 Å². The Hall–Kier alpha value is -3.37. The maximum absolute atomic E-state index is 13.9. The van der Waals surface area contributed by atoms with Gasteiger partial charge in [-0.05, 0) is 49.3 Å². The van der Waals surface area contributed by atoms with Gasteiger partial charge in [0.05, 0.1) is 11.6 Å². The number of carbonyl (C=O) groups is 3. The summed E-state index contributed by atoms with van der Waals surface area (Å²) in [7, 11) is 3.65. The van der Waals surface area contributed by atoms with E-state index in [1.807, 2.05) is 19.0 Å². The minimum absolute atomic E-state index is 0.0395. The number of nitrogens with zero attached hydrogens (tertiary/aromatic N) is 1. The number of nitrogens with two attached hydrogens (primary N) is 1. The van der Waals surface area contributed by atoms with E-state index in [1.54, 1.807) is 6.07 Å². The molecule has 2 fully saturated rings. The molecule has 36 heavy (non-hydrogen) atoms. The molecular weight excluding hydrogens is 466 g/mol. The number of primary amides is 1. The summed E-state index contributed by atoms with van der Waals surface area (Å²) >= 11 is 0. The van der Waals surface area contributed by atoms with Crippen molar-refractivity contribution in [1.29, 1.82) is 0 Å². The predicted molar refractivity (Wildman–Crippen MR) is 130 cm³/mol. The standard InChI is InChI=1S/C26H31N3O7/c1-29(2)15-7-8-16(30)18-13(15)9-11-10-14-20(28-12-5-3-4-6-12)22(32)19(25(27)35)24(34)26(14,36)23(33)17(11)21(18)31/h7-8,11-12,14,20,28,30-31,34,36H,3-6,9-10H2,1-2H3,(H2,27,35)/t11?,14?,20-,26?/m1/s1. The van der Waals surface area contributed by atoms with Crippen molar-refractivity contribution >= 4 is 28.9 Å². The number of Topliss-reactive ketones (excluding diaryl/α,β-unsaturated/α-hetero) is 2. The lowest BCUT2D eigenvalue weighted by Crippen LogP contribution is -2.66. The maximum Gasteiger partial charge on any atom is 0.255 e. The number of carbonyl (C=O) groups excluding carboxylic acids is 3. The van der Waals surface area contributed by atoms with Gasteiger partial charge in [-0.1, -0.05) is 12.8 Å². The second-order valence-electron chi connectivity index (χ2n) is 10.5. The van der Waals surface area contributed by atoms with Gasteiger partial charge in [-0.3, -0.25) is 14.4 Å². The molecule has 10 nitrogen and oxygen atoms in total. The zero-order valence-corrected chi connectivity index (χ0v) is 20.2. The molecule has 10 heteroatoms. The molecule has 192 valence electrons. The summed E-state index contributed by atoms with van der Waals surface area (Å²) < 4.78 is 0. The summed E-state index contributed by atoms with van der Waals surface area (Å²) in [5.41, 5.74) is 3.32. The summed E-state index contributed by atoms with van der Waals surface area (Å²) in [6.45, 7) is 0. The SMILES string of the molecule is CN(C)c1ccc(O)c2c1CC1CC3[C@@H](NC4CCCC4)C(=O)C(C(N)=O)=C(O)C3(O)C(=O)C1=C2O. The number of benzene rings is 1. The van der Waals surface area contributed by atoms with E-state index in [-0.39, 0.29) is 35.8 Å². The number of anilines is 1. The third kappa shape index (κ3) is 3.27. The van der Waals surface area contributed by atoms with E-state index in [1.165, 1.54) is 6.07 Å². The number of ketones is 2. The molecular formula is C26H31N3O7. The molecule has 0 radical (unpaired) electrons. The van der Waals surface area contributed by atoms with Gasteiger partial charge in [0.1, 0.15) is 22.8 Å². The molecule has 1 aromatic carbocycles. The van der Waals surface area contributed by atoms with Gasteiger partial charge in [-0.25, -0.2) is 0 Å². The molecule has 4 aliphatic carbocycles. The second kappa shape index (κ2) is 8.35. The predicted octanol–water partition coefficient (Wildman–Crippen LogP) is 1.00. The Bertz CT molecular complexity index is 1240. The van der Waals surface area contributed by atoms with Crippen molar-refractivity contribution in [2.24, 2.45) is 17.6 Å². The number of aliphatic hydroxyl groups is 3. The first-order chi connectivity index (χ1) is 17.0. The van der Waals surface area contributed by atoms with Crippen LogP contribution in [-0.2, 0) is 20.8 Å². The third-order valence-corrected chi connectivity index (χ3v) is 8.31. The molecule has 1 aromatic rings. The van der Waals surface area contributed by atoms with E-state index in [0.717, 1.165) is 31.4 Å². The number of aliphatic hydroxyl groups excluding tert-OH is 2. The van der Waals surface area contributed by atoms with E-state index < -0.39 is 58.0 Å². The topological polar surface area (TPSA) is 173 Å². The molecule has 7 N–H and O–H groups in total. The summed E-state index contributed by atoms with van der Waals surface area (Å²) in [6, 6.07) is 1.99. The Labute approximate surface area is 208 Å². The number of fused-ring (bicyclic) bond motifs is 3. The van der Waals surface area contributed by atoms with E-state index in [4.69, 9.17) is 5.73 Å². The fourth-order valence-corrected chi connectivity index (χ4v) is 6.62. The van der Waals surface area contributed by atoms with Crippen LogP contribution in [0, 0.1) is 11.8 Å². The first-order valence-electron chi connectivity index (χ1n) is 12.2. The minimum atomic E-state index is -2.62. The summed E-state index contributed by atoms with van der Waals surface area (Å²) in [5.74, 6) is -6.42. The van der Waals surface area contributed by atoms with E-state index in [2.05, 4.69) is 5.32 Å². The largest absolute Gasteiger partial charge is 0.508 e. The lowest BCUT2D eigenvalue weighted by Gasteiger charge is -2.49. The molecule has 4 aliphatic rings. The molecule has 0 bridgehead atoms. The Kier molecular flexibility index (Phi) is 5.64. The van der Waals surface area contributed by atoms with Crippen LogP contribution in [0.15, 0.2) is 29.0 Å². The van der Waals surface area contributed by atoms with Gasteiger partial charge in [0, 0.05) is 37.3 Å². The monoisotopic (exact) mass is 497 g/mol. The number of rotatable bonds is 4. The van der Waals surface area contributed by atoms with Crippen molar-refractivity contribution in [3.05, 3.63) is 40.2 Å². The van der Waals surface area contributed by atoms with E-state index in [9.17, 15) is 34.8 Å². The summed E-state index contributed by atoms with van der Waals surface area (Å²) in [5, 5.41) is 47.7. The Morgan fingerprint density at radius 1 is 1.14 bits per heavy atom. The molecule has 0 aromatic heterocycles. The Morgan fingerprint density at radius 2 is 1.81 bits per heavy atom. The molecule has 5 rings (SSSR count). The highest BCUT2D eigenvalue weighted by molar-refractivity contribution is 6.24. The molecule has 0 spiro atoms. The van der Waals surface area contributed by atoms with Crippen molar-refractivity contribution in [1.82, 2.24) is 5.32 Å². The van der Waals surface area contributed by atoms with Crippen molar-refractivity contribution < 1.29 is 34.8 Å². The van der Waals surface area contributed by atoms with Crippen LogP contribution in [0.1, 0.15) is 43.2 Å². The van der Waals surface area contributed by atoms with Crippen LogP contribution < -0.4 is 16.0 Å². The molecule has 4 atom stereocenters. The quantitative estimate of drug-likeness (QED) is 0.332. The summed E-state index contributed by atoms with van der Waals surface area (Å²) in [6.07, 6.45) is 3.89. The van der Waals surface area contributed by atoms with Crippen molar-refractivity contribution in [2.75, 3.05) is 19.0 Å². The summed E-state index contributed by atoms with van der Waals surface area (Å²) in [4.78, 5) is 41.3. The molecule has 1 amide bonds. The highest BCUT2D eigenvalue weighted by Gasteiger charge is 2.64. The smallest absolute Gasteiger partial charge is 0.255 e. The molecule has 0 heterocycles. The van der Waals surface area contributed by atoms with Crippen LogP contribution in [0.2, 0.25) is 0 Å². The molecule has 2 saturated carbocycles. The first kappa shape index (κ1) is 24.3. The van der Waals surface area contributed by atoms with Gasteiger partial charge < -0.3 is 36.4 Å². The molecule has 0 saturated heterocycles. The zero-order chi connectivity index (χ0) is 26.1. The van der Waals surface area contributed by atoms with Crippen LogP contribution in [0.25, 0.3) is 5.76 Å². The lowest BCUT2D eigenvalue weighted by molar-refractivity contribution is -0.150. The van der Waals surface area contributed by atoms with Crippen LogP contribution >= 0.6 is 0 Å². The highest BCUT2D eigenvalue weighted by Crippen LogP contribution is 2.53. The van der Waals surface area contributed by atoms with Crippen LogP contribution in [0.3, 0.4) is 0 Å².